The van der Waals surface area contributed by atoms with Crippen LogP contribution in [-0.2, 0) is 19.2 Å². The molecule has 4 aliphatic carbocycles. The minimum Gasteiger partial charge on any atom is -0.481 e. The van der Waals surface area contributed by atoms with Crippen LogP contribution in [0.3, 0.4) is 0 Å². The number of ketones is 1. The number of fused-ring (bicyclic) bond motifs is 5. The summed E-state index contributed by atoms with van der Waals surface area (Å²) in [5.74, 6) is -3.74. The first-order chi connectivity index (χ1) is 15.8. The van der Waals surface area contributed by atoms with Crippen LogP contribution in [0.1, 0.15) is 72.1 Å². The zero-order chi connectivity index (χ0) is 25.2. The summed E-state index contributed by atoms with van der Waals surface area (Å²) >= 11 is 3.69. The molecule has 3 N–H and O–H groups in total. The number of carbonyl (C=O) groups is 4. The Morgan fingerprint density at radius 2 is 1.68 bits per heavy atom. The molecule has 7 nitrogen and oxygen atoms in total. The molecule has 0 aliphatic heterocycles. The van der Waals surface area contributed by atoms with Crippen molar-refractivity contribution in [3.8, 4) is 0 Å². The van der Waals surface area contributed by atoms with Crippen molar-refractivity contribution < 1.29 is 34.5 Å². The minimum absolute atomic E-state index is 0.0489. The van der Waals surface area contributed by atoms with Gasteiger partial charge in [-0.15, -0.1) is 0 Å². The number of carboxylic acid groups (broad SMARTS) is 3. The van der Waals surface area contributed by atoms with Crippen molar-refractivity contribution in [2.75, 3.05) is 0 Å². The van der Waals surface area contributed by atoms with E-state index in [2.05, 4.69) is 22.9 Å². The van der Waals surface area contributed by atoms with Crippen LogP contribution < -0.4 is 0 Å². The van der Waals surface area contributed by atoms with Crippen LogP contribution in [0, 0.1) is 58.2 Å². The van der Waals surface area contributed by atoms with E-state index in [1.54, 1.807) is 0 Å². The molecule has 11 atom stereocenters. The molecular formula is C26H37BrO7. The van der Waals surface area contributed by atoms with Gasteiger partial charge in [-0.05, 0) is 85.4 Å². The number of rotatable bonds is 6. The van der Waals surface area contributed by atoms with Crippen LogP contribution in [0.15, 0.2) is 0 Å². The van der Waals surface area contributed by atoms with Crippen molar-refractivity contribution in [1.82, 2.24) is 0 Å². The van der Waals surface area contributed by atoms with E-state index in [0.29, 0.717) is 32.1 Å². The predicted octanol–water partition coefficient (Wildman–Crippen LogP) is 4.71. The molecule has 0 bridgehead atoms. The molecule has 0 aromatic heterocycles. The highest BCUT2D eigenvalue weighted by Crippen LogP contribution is 2.70. The molecule has 4 saturated carbocycles. The minimum atomic E-state index is -0.842. The lowest BCUT2D eigenvalue weighted by Crippen LogP contribution is -2.63. The van der Waals surface area contributed by atoms with Gasteiger partial charge in [-0.25, -0.2) is 0 Å². The fourth-order valence-corrected chi connectivity index (χ4v) is 10.2. The maximum absolute atomic E-state index is 13.9. The highest BCUT2D eigenvalue weighted by molar-refractivity contribution is 9.10. The molecule has 0 radical (unpaired) electrons. The molecule has 0 spiro atoms. The summed E-state index contributed by atoms with van der Waals surface area (Å²) in [7, 11) is 0. The van der Waals surface area contributed by atoms with Gasteiger partial charge in [0.1, 0.15) is 5.78 Å². The van der Waals surface area contributed by atoms with Crippen LogP contribution in [0.5, 0.6) is 0 Å². The standard InChI is InChI=1S/C26H37BrO7/c1-12(4-7-19(28)29)14-5-6-15-20-16(11-18(24(33)34)26(14,15)3)25(2)9-8-13(23(31)32)10-17(25)21(27)22(20)30/h12-18,20-21H,4-11H2,1-3H3,(H,28,29)(H,31,32)(H,33,34)/t12-,13+,14+,15?,16?,17-,18+,20?,21+,25+,26+/m0/s1. The van der Waals surface area contributed by atoms with Crippen molar-refractivity contribution in [2.24, 2.45) is 58.2 Å². The maximum atomic E-state index is 13.9. The average Bonchev–Trinajstić information content (AvgIpc) is 3.12. The third-order valence-electron chi connectivity index (χ3n) is 10.9. The first-order valence-corrected chi connectivity index (χ1v) is 13.6. The molecule has 4 fully saturated rings. The molecule has 0 saturated heterocycles. The number of carbonyl (C=O) groups excluding carboxylic acids is 1. The van der Waals surface area contributed by atoms with E-state index < -0.39 is 40.0 Å². The van der Waals surface area contributed by atoms with Gasteiger partial charge in [0.25, 0.3) is 0 Å². The second-order valence-corrected chi connectivity index (χ2v) is 13.0. The van der Waals surface area contributed by atoms with E-state index in [9.17, 15) is 34.5 Å². The summed E-state index contributed by atoms with van der Waals surface area (Å²) < 4.78 is 0. The maximum Gasteiger partial charge on any atom is 0.307 e. The molecule has 4 rings (SSSR count). The number of carboxylic acids is 3. The number of hydrogen-bond donors (Lipinski definition) is 3. The van der Waals surface area contributed by atoms with Crippen LogP contribution >= 0.6 is 15.9 Å². The molecule has 0 aromatic rings. The van der Waals surface area contributed by atoms with Gasteiger partial charge in [-0.3, -0.25) is 19.2 Å². The largest absolute Gasteiger partial charge is 0.481 e. The molecule has 8 heteroatoms. The van der Waals surface area contributed by atoms with Gasteiger partial charge in [-0.2, -0.15) is 0 Å². The van der Waals surface area contributed by atoms with Gasteiger partial charge in [0.05, 0.1) is 16.7 Å². The fourth-order valence-electron chi connectivity index (χ4n) is 9.05. The lowest BCUT2D eigenvalue weighted by Gasteiger charge is -2.62. The Bertz CT molecular complexity index is 888. The normalized spacial score (nSPS) is 46.6. The summed E-state index contributed by atoms with van der Waals surface area (Å²) in [5, 5.41) is 29.2. The van der Waals surface area contributed by atoms with Gasteiger partial charge < -0.3 is 15.3 Å². The number of aliphatic carboxylic acids is 3. The summed E-state index contributed by atoms with van der Waals surface area (Å²) in [6.45, 7) is 6.25. The van der Waals surface area contributed by atoms with Crippen LogP contribution in [0.2, 0.25) is 0 Å². The van der Waals surface area contributed by atoms with Gasteiger partial charge in [0.15, 0.2) is 0 Å². The Kier molecular flexibility index (Phi) is 6.71. The van der Waals surface area contributed by atoms with Crippen molar-refractivity contribution in [2.45, 2.75) is 77.0 Å². The first kappa shape index (κ1) is 25.6. The van der Waals surface area contributed by atoms with E-state index in [1.165, 1.54) is 0 Å². The molecule has 0 amide bonds. The van der Waals surface area contributed by atoms with Crippen molar-refractivity contribution in [3.63, 3.8) is 0 Å². The van der Waals surface area contributed by atoms with Gasteiger partial charge in [-0.1, -0.05) is 36.7 Å². The Morgan fingerprint density at radius 1 is 1.00 bits per heavy atom. The SMILES string of the molecule is C[C@@H](CCC(=O)O)[C@H]1CCC2C3C(=O)[C@H](Br)[C@@H]4C[C@H](C(=O)O)CC[C@]4(C)C3C[C@H](C(=O)O)[C@@]21C. The van der Waals surface area contributed by atoms with Crippen molar-refractivity contribution in [3.05, 3.63) is 0 Å². The van der Waals surface area contributed by atoms with Crippen molar-refractivity contribution in [1.29, 1.82) is 0 Å². The number of halogens is 1. The molecule has 4 aliphatic rings. The summed E-state index contributed by atoms with van der Waals surface area (Å²) in [6, 6.07) is 0. The van der Waals surface area contributed by atoms with Gasteiger partial charge in [0, 0.05) is 12.3 Å². The highest BCUT2D eigenvalue weighted by atomic mass is 79.9. The van der Waals surface area contributed by atoms with Gasteiger partial charge >= 0.3 is 17.9 Å². The molecule has 3 unspecified atom stereocenters. The Morgan fingerprint density at radius 3 is 2.26 bits per heavy atom. The lowest BCUT2D eigenvalue weighted by atomic mass is 9.41. The molecule has 34 heavy (non-hydrogen) atoms. The Labute approximate surface area is 209 Å². The fraction of sp³-hybridized carbons (Fsp3) is 0.846. The predicted molar refractivity (Wildman–Crippen MR) is 127 cm³/mol. The van der Waals surface area contributed by atoms with E-state index in [1.807, 2.05) is 13.8 Å². The topological polar surface area (TPSA) is 129 Å². The van der Waals surface area contributed by atoms with E-state index in [0.717, 1.165) is 12.8 Å². The first-order valence-electron chi connectivity index (χ1n) is 12.7. The zero-order valence-electron chi connectivity index (χ0n) is 20.2. The summed E-state index contributed by atoms with van der Waals surface area (Å²) in [6.07, 6.45) is 4.32. The second-order valence-electron chi connectivity index (χ2n) is 12.1. The van der Waals surface area contributed by atoms with Gasteiger partial charge in [0.2, 0.25) is 0 Å². The molecule has 190 valence electrons. The van der Waals surface area contributed by atoms with Crippen LogP contribution in [0.25, 0.3) is 0 Å². The Balaban J connectivity index is 1.71. The van der Waals surface area contributed by atoms with Crippen molar-refractivity contribution >= 4 is 39.6 Å². The third kappa shape index (κ3) is 3.73. The van der Waals surface area contributed by atoms with Crippen LogP contribution in [0.4, 0.5) is 0 Å². The molecule has 0 aromatic carbocycles. The zero-order valence-corrected chi connectivity index (χ0v) is 21.8. The number of Topliss-reactive ketones (excluding diaryl/α,β-unsaturated/α-hetero) is 1. The smallest absolute Gasteiger partial charge is 0.307 e. The second kappa shape index (κ2) is 8.90. The van der Waals surface area contributed by atoms with E-state index in [4.69, 9.17) is 0 Å². The monoisotopic (exact) mass is 540 g/mol. The molecule has 0 heterocycles. The average molecular weight is 541 g/mol. The highest BCUT2D eigenvalue weighted by Gasteiger charge is 2.69. The Hall–Kier alpha value is -1.44. The van der Waals surface area contributed by atoms with Crippen LogP contribution in [-0.4, -0.2) is 43.8 Å². The summed E-state index contributed by atoms with van der Waals surface area (Å²) in [4.78, 5) is 49.0. The third-order valence-corrected chi connectivity index (χ3v) is 11.9. The molecular weight excluding hydrogens is 504 g/mol. The van der Waals surface area contributed by atoms with E-state index in [-0.39, 0.29) is 53.1 Å². The quantitative estimate of drug-likeness (QED) is 0.416. The summed E-state index contributed by atoms with van der Waals surface area (Å²) in [5.41, 5.74) is -0.838. The lowest BCUT2D eigenvalue weighted by molar-refractivity contribution is -0.181. The van der Waals surface area contributed by atoms with E-state index >= 15 is 0 Å². The number of hydrogen-bond acceptors (Lipinski definition) is 4. The number of alkyl halides is 1.